The lowest BCUT2D eigenvalue weighted by Gasteiger charge is -2.26. The molecule has 1 saturated carbocycles. The van der Waals surface area contributed by atoms with E-state index in [1.54, 1.807) is 0 Å². The molecule has 1 amide bonds. The molecule has 1 aliphatic carbocycles. The molecule has 0 unspecified atom stereocenters. The van der Waals surface area contributed by atoms with E-state index in [1.807, 2.05) is 24.3 Å². The van der Waals surface area contributed by atoms with Crippen LogP contribution in [0.25, 0.3) is 0 Å². The first kappa shape index (κ1) is 12.1. The standard InChI is InChI=1S/C13H13Cl2NO2/c14-13(15)7-9(13)12(17)16-10-5-6-18-11-4-2-1-3-8(10)11/h1-4,9-10H,5-7H2,(H,16,17)/t9-,10-/m1/s1. The summed E-state index contributed by atoms with van der Waals surface area (Å²) in [4.78, 5) is 12.0. The molecule has 1 fully saturated rings. The van der Waals surface area contributed by atoms with E-state index >= 15 is 0 Å². The summed E-state index contributed by atoms with van der Waals surface area (Å²) in [6, 6.07) is 7.75. The summed E-state index contributed by atoms with van der Waals surface area (Å²) in [6.45, 7) is 0.611. The number of rotatable bonds is 2. The molecule has 0 aromatic heterocycles. The number of nitrogens with one attached hydrogen (secondary N) is 1. The van der Waals surface area contributed by atoms with Gasteiger partial charge in [0.1, 0.15) is 10.1 Å². The van der Waals surface area contributed by atoms with Gasteiger partial charge in [-0.3, -0.25) is 4.79 Å². The molecular formula is C13H13Cl2NO2. The maximum atomic E-state index is 12.0. The van der Waals surface area contributed by atoms with Crippen LogP contribution in [0.3, 0.4) is 0 Å². The van der Waals surface area contributed by atoms with Gasteiger partial charge in [-0.25, -0.2) is 0 Å². The number of hydrogen-bond donors (Lipinski definition) is 1. The van der Waals surface area contributed by atoms with Crippen molar-refractivity contribution in [3.05, 3.63) is 29.8 Å². The largest absolute Gasteiger partial charge is 0.493 e. The average Bonchev–Trinajstić information content (AvgIpc) is 2.99. The van der Waals surface area contributed by atoms with Crippen molar-refractivity contribution in [3.8, 4) is 5.75 Å². The van der Waals surface area contributed by atoms with Crippen molar-refractivity contribution in [3.63, 3.8) is 0 Å². The highest BCUT2D eigenvalue weighted by Gasteiger charge is 2.56. The van der Waals surface area contributed by atoms with Gasteiger partial charge < -0.3 is 10.1 Å². The number of ether oxygens (including phenoxy) is 1. The lowest BCUT2D eigenvalue weighted by atomic mass is 10.0. The van der Waals surface area contributed by atoms with Gasteiger partial charge in [0.2, 0.25) is 5.91 Å². The molecule has 1 heterocycles. The Kier molecular flexibility index (Phi) is 2.91. The molecule has 96 valence electrons. The zero-order chi connectivity index (χ0) is 12.8. The predicted molar refractivity (Wildman–Crippen MR) is 70.0 cm³/mol. The molecule has 2 atom stereocenters. The molecule has 3 rings (SSSR count). The minimum absolute atomic E-state index is 0.00724. The van der Waals surface area contributed by atoms with Crippen LogP contribution in [0, 0.1) is 5.92 Å². The monoisotopic (exact) mass is 285 g/mol. The quantitative estimate of drug-likeness (QED) is 0.849. The minimum atomic E-state index is -0.866. The molecule has 1 aromatic rings. The number of para-hydroxylation sites is 1. The Bertz CT molecular complexity index is 490. The van der Waals surface area contributed by atoms with Gasteiger partial charge in [-0.1, -0.05) is 18.2 Å². The van der Waals surface area contributed by atoms with Crippen molar-refractivity contribution in [1.82, 2.24) is 5.32 Å². The van der Waals surface area contributed by atoms with Gasteiger partial charge in [0.15, 0.2) is 0 Å². The molecule has 1 aliphatic heterocycles. The maximum Gasteiger partial charge on any atom is 0.226 e. The third-order valence-electron chi connectivity index (χ3n) is 3.42. The fourth-order valence-corrected chi connectivity index (χ4v) is 2.77. The fourth-order valence-electron chi connectivity index (χ4n) is 2.26. The van der Waals surface area contributed by atoms with E-state index in [0.29, 0.717) is 13.0 Å². The Balaban J connectivity index is 1.73. The summed E-state index contributed by atoms with van der Waals surface area (Å²) >= 11 is 11.8. The summed E-state index contributed by atoms with van der Waals surface area (Å²) in [5, 5.41) is 3.00. The Labute approximate surface area is 115 Å². The number of amides is 1. The van der Waals surface area contributed by atoms with E-state index in [4.69, 9.17) is 27.9 Å². The molecule has 3 nitrogen and oxygen atoms in total. The first-order chi connectivity index (χ1) is 8.58. The molecule has 1 N–H and O–H groups in total. The van der Waals surface area contributed by atoms with E-state index < -0.39 is 4.33 Å². The SMILES string of the molecule is O=C(N[C@@H]1CCOc2ccccc21)[C@H]1CC1(Cl)Cl. The van der Waals surface area contributed by atoms with Crippen molar-refractivity contribution >= 4 is 29.1 Å². The summed E-state index contributed by atoms with van der Waals surface area (Å²) in [5.41, 5.74) is 1.02. The van der Waals surface area contributed by atoms with Crippen LogP contribution in [0.1, 0.15) is 24.4 Å². The Morgan fingerprint density at radius 1 is 1.39 bits per heavy atom. The van der Waals surface area contributed by atoms with E-state index in [1.165, 1.54) is 0 Å². The van der Waals surface area contributed by atoms with Crippen LogP contribution in [-0.2, 0) is 4.79 Å². The van der Waals surface area contributed by atoms with Gasteiger partial charge in [-0.05, 0) is 12.5 Å². The molecule has 0 saturated heterocycles. The van der Waals surface area contributed by atoms with Crippen LogP contribution in [0.5, 0.6) is 5.75 Å². The van der Waals surface area contributed by atoms with Crippen LogP contribution in [-0.4, -0.2) is 16.8 Å². The van der Waals surface area contributed by atoms with E-state index in [2.05, 4.69) is 5.32 Å². The number of carbonyl (C=O) groups excluding carboxylic acids is 1. The van der Waals surface area contributed by atoms with Crippen LogP contribution >= 0.6 is 23.2 Å². The van der Waals surface area contributed by atoms with Crippen LogP contribution in [0.2, 0.25) is 0 Å². The molecule has 18 heavy (non-hydrogen) atoms. The molecule has 0 radical (unpaired) electrons. The Morgan fingerprint density at radius 2 is 2.11 bits per heavy atom. The molecule has 1 aromatic carbocycles. The third kappa shape index (κ3) is 2.17. The highest BCUT2D eigenvalue weighted by atomic mass is 35.5. The second-order valence-electron chi connectivity index (χ2n) is 4.75. The lowest BCUT2D eigenvalue weighted by molar-refractivity contribution is -0.123. The smallest absolute Gasteiger partial charge is 0.226 e. The second-order valence-corrected chi connectivity index (χ2v) is 6.30. The minimum Gasteiger partial charge on any atom is -0.493 e. The van der Waals surface area contributed by atoms with Gasteiger partial charge in [-0.2, -0.15) is 0 Å². The first-order valence-corrected chi connectivity index (χ1v) is 6.73. The summed E-state index contributed by atoms with van der Waals surface area (Å²) in [5.74, 6) is 0.491. The van der Waals surface area contributed by atoms with Crippen molar-refractivity contribution in [2.24, 2.45) is 5.92 Å². The van der Waals surface area contributed by atoms with Crippen LogP contribution < -0.4 is 10.1 Å². The van der Waals surface area contributed by atoms with Gasteiger partial charge in [0.25, 0.3) is 0 Å². The normalized spacial score (nSPS) is 27.9. The molecule has 0 bridgehead atoms. The van der Waals surface area contributed by atoms with Crippen molar-refractivity contribution < 1.29 is 9.53 Å². The summed E-state index contributed by atoms with van der Waals surface area (Å²) in [7, 11) is 0. The van der Waals surface area contributed by atoms with E-state index in [0.717, 1.165) is 17.7 Å². The first-order valence-electron chi connectivity index (χ1n) is 5.98. The number of benzene rings is 1. The van der Waals surface area contributed by atoms with Gasteiger partial charge >= 0.3 is 0 Å². The number of halogens is 2. The molecule has 5 heteroatoms. The predicted octanol–water partition coefficient (Wildman–Crippen LogP) is 2.82. The highest BCUT2D eigenvalue weighted by Crippen LogP contribution is 2.53. The lowest BCUT2D eigenvalue weighted by Crippen LogP contribution is -2.34. The second kappa shape index (κ2) is 4.32. The number of carbonyl (C=O) groups is 1. The molecule has 0 spiro atoms. The van der Waals surface area contributed by atoms with E-state index in [-0.39, 0.29) is 17.9 Å². The molecule has 2 aliphatic rings. The fraction of sp³-hybridized carbons (Fsp3) is 0.462. The zero-order valence-corrected chi connectivity index (χ0v) is 11.2. The average molecular weight is 286 g/mol. The number of hydrogen-bond acceptors (Lipinski definition) is 2. The van der Waals surface area contributed by atoms with Gasteiger partial charge in [0, 0.05) is 12.0 Å². The van der Waals surface area contributed by atoms with Gasteiger partial charge in [0.05, 0.1) is 18.6 Å². The van der Waals surface area contributed by atoms with Crippen LogP contribution in [0.4, 0.5) is 0 Å². The molecular weight excluding hydrogens is 273 g/mol. The zero-order valence-electron chi connectivity index (χ0n) is 9.66. The van der Waals surface area contributed by atoms with Crippen molar-refractivity contribution in [2.75, 3.05) is 6.61 Å². The maximum absolute atomic E-state index is 12.0. The summed E-state index contributed by atoms with van der Waals surface area (Å²) in [6.07, 6.45) is 1.31. The van der Waals surface area contributed by atoms with E-state index in [9.17, 15) is 4.79 Å². The number of fused-ring (bicyclic) bond motifs is 1. The highest BCUT2D eigenvalue weighted by molar-refractivity contribution is 6.52. The Hall–Kier alpha value is -0.930. The Morgan fingerprint density at radius 3 is 2.83 bits per heavy atom. The van der Waals surface area contributed by atoms with Gasteiger partial charge in [-0.15, -0.1) is 23.2 Å². The summed E-state index contributed by atoms with van der Waals surface area (Å²) < 4.78 is 4.68. The topological polar surface area (TPSA) is 38.3 Å². The van der Waals surface area contributed by atoms with Crippen molar-refractivity contribution in [2.45, 2.75) is 23.2 Å². The third-order valence-corrected chi connectivity index (χ3v) is 4.25. The van der Waals surface area contributed by atoms with Crippen LogP contribution in [0.15, 0.2) is 24.3 Å². The van der Waals surface area contributed by atoms with Crippen molar-refractivity contribution in [1.29, 1.82) is 0 Å². The number of alkyl halides is 2.